The Morgan fingerprint density at radius 3 is 2.13 bits per heavy atom. The van der Waals surface area contributed by atoms with E-state index in [1.54, 1.807) is 0 Å². The lowest BCUT2D eigenvalue weighted by Crippen LogP contribution is -2.24. The van der Waals surface area contributed by atoms with Crippen LogP contribution >= 0.6 is 0 Å². The average molecular weight is 326 g/mol. The highest BCUT2D eigenvalue weighted by atomic mass is 16.6. The van der Waals surface area contributed by atoms with E-state index in [1.807, 2.05) is 6.92 Å². The molecule has 0 bridgehead atoms. The molecule has 4 heteroatoms. The molecule has 0 saturated heterocycles. The van der Waals surface area contributed by atoms with Crippen molar-refractivity contribution in [2.45, 2.75) is 103 Å². The standard InChI is InChI=1S/C19H34O4/c1-3-4-5-6-7-8-9-10-11-13-19(2,22)14-12-16-15-17(20)23-18(16)21/h15,18,21-22H,3-14H2,1-2H3. The zero-order valence-electron chi connectivity index (χ0n) is 14.9. The van der Waals surface area contributed by atoms with Gasteiger partial charge >= 0.3 is 5.97 Å². The Morgan fingerprint density at radius 1 is 1.04 bits per heavy atom. The number of carbonyl (C=O) groups is 1. The summed E-state index contributed by atoms with van der Waals surface area (Å²) in [4.78, 5) is 11.0. The topological polar surface area (TPSA) is 66.8 Å². The van der Waals surface area contributed by atoms with Gasteiger partial charge in [0, 0.05) is 11.6 Å². The van der Waals surface area contributed by atoms with Gasteiger partial charge in [0.2, 0.25) is 6.29 Å². The number of cyclic esters (lactones) is 1. The summed E-state index contributed by atoms with van der Waals surface area (Å²) in [5.41, 5.74) is -0.171. The first-order valence-electron chi connectivity index (χ1n) is 9.26. The molecule has 0 aromatic rings. The van der Waals surface area contributed by atoms with E-state index in [0.29, 0.717) is 18.4 Å². The second kappa shape index (κ2) is 10.8. The van der Waals surface area contributed by atoms with E-state index >= 15 is 0 Å². The maximum Gasteiger partial charge on any atom is 0.333 e. The van der Waals surface area contributed by atoms with Crippen LogP contribution in [-0.4, -0.2) is 28.1 Å². The van der Waals surface area contributed by atoms with Gasteiger partial charge in [-0.3, -0.25) is 0 Å². The highest BCUT2D eigenvalue weighted by Crippen LogP contribution is 2.26. The quantitative estimate of drug-likeness (QED) is 0.392. The van der Waals surface area contributed by atoms with Gasteiger partial charge in [-0.1, -0.05) is 64.7 Å². The van der Waals surface area contributed by atoms with Gasteiger partial charge in [-0.15, -0.1) is 0 Å². The molecule has 1 aliphatic heterocycles. The number of aliphatic hydroxyl groups excluding tert-OH is 1. The zero-order valence-corrected chi connectivity index (χ0v) is 14.9. The van der Waals surface area contributed by atoms with Crippen molar-refractivity contribution in [3.8, 4) is 0 Å². The minimum Gasteiger partial charge on any atom is -0.429 e. The molecule has 0 saturated carbocycles. The third-order valence-corrected chi connectivity index (χ3v) is 4.62. The van der Waals surface area contributed by atoms with Gasteiger partial charge in [0.05, 0.1) is 5.60 Å². The second-order valence-electron chi connectivity index (χ2n) is 7.08. The van der Waals surface area contributed by atoms with Gasteiger partial charge in [-0.2, -0.15) is 0 Å². The fourth-order valence-electron chi connectivity index (χ4n) is 2.99. The molecule has 2 atom stereocenters. The molecule has 0 spiro atoms. The third kappa shape index (κ3) is 9.11. The highest BCUT2D eigenvalue weighted by molar-refractivity contribution is 5.85. The summed E-state index contributed by atoms with van der Waals surface area (Å²) in [6.07, 6.45) is 13.4. The van der Waals surface area contributed by atoms with E-state index in [1.165, 1.54) is 51.0 Å². The zero-order chi connectivity index (χ0) is 17.1. The summed E-state index contributed by atoms with van der Waals surface area (Å²) in [5.74, 6) is -0.494. The van der Waals surface area contributed by atoms with Crippen LogP contribution in [0, 0.1) is 0 Å². The molecule has 2 N–H and O–H groups in total. The Kier molecular flexibility index (Phi) is 9.49. The molecule has 0 aromatic carbocycles. The third-order valence-electron chi connectivity index (χ3n) is 4.62. The van der Waals surface area contributed by atoms with Crippen molar-refractivity contribution in [1.29, 1.82) is 0 Å². The van der Waals surface area contributed by atoms with Crippen molar-refractivity contribution in [2.75, 3.05) is 0 Å². The first-order valence-corrected chi connectivity index (χ1v) is 9.26. The second-order valence-corrected chi connectivity index (χ2v) is 7.08. The first-order chi connectivity index (χ1) is 10.9. The number of hydrogen-bond acceptors (Lipinski definition) is 4. The van der Waals surface area contributed by atoms with Gasteiger partial charge in [0.1, 0.15) is 0 Å². The summed E-state index contributed by atoms with van der Waals surface area (Å²) in [7, 11) is 0. The van der Waals surface area contributed by atoms with E-state index < -0.39 is 17.9 Å². The molecule has 0 amide bonds. The maximum atomic E-state index is 11.0. The molecule has 1 heterocycles. The van der Waals surface area contributed by atoms with Crippen molar-refractivity contribution in [1.82, 2.24) is 0 Å². The number of carbonyl (C=O) groups excluding carboxylic acids is 1. The maximum absolute atomic E-state index is 11.0. The van der Waals surface area contributed by atoms with Crippen molar-refractivity contribution in [3.05, 3.63) is 11.6 Å². The predicted octanol–water partition coefficient (Wildman–Crippen LogP) is 4.24. The number of esters is 1. The molecular formula is C19H34O4. The van der Waals surface area contributed by atoms with E-state index in [0.717, 1.165) is 19.3 Å². The van der Waals surface area contributed by atoms with Crippen molar-refractivity contribution in [2.24, 2.45) is 0 Å². The lowest BCUT2D eigenvalue weighted by atomic mass is 9.91. The van der Waals surface area contributed by atoms with Crippen LogP contribution in [0.3, 0.4) is 0 Å². The van der Waals surface area contributed by atoms with Gasteiger partial charge in [0.15, 0.2) is 0 Å². The molecule has 1 rings (SSSR count). The number of unbranched alkanes of at least 4 members (excludes halogenated alkanes) is 8. The lowest BCUT2D eigenvalue weighted by Gasteiger charge is -2.23. The number of aliphatic hydroxyl groups is 2. The van der Waals surface area contributed by atoms with Crippen LogP contribution in [0.2, 0.25) is 0 Å². The monoisotopic (exact) mass is 326 g/mol. The Hall–Kier alpha value is -0.870. The molecule has 0 aliphatic carbocycles. The summed E-state index contributed by atoms with van der Waals surface area (Å²) >= 11 is 0. The summed E-state index contributed by atoms with van der Waals surface area (Å²) in [6, 6.07) is 0. The van der Waals surface area contributed by atoms with Crippen LogP contribution in [-0.2, 0) is 9.53 Å². The number of ether oxygens (including phenoxy) is 1. The Balaban J connectivity index is 2.04. The predicted molar refractivity (Wildman–Crippen MR) is 91.9 cm³/mol. The van der Waals surface area contributed by atoms with Crippen LogP contribution < -0.4 is 0 Å². The van der Waals surface area contributed by atoms with Crippen LogP contribution in [0.4, 0.5) is 0 Å². The van der Waals surface area contributed by atoms with E-state index in [2.05, 4.69) is 11.7 Å². The van der Waals surface area contributed by atoms with Crippen LogP contribution in [0.25, 0.3) is 0 Å². The fraction of sp³-hybridized carbons (Fsp3) is 0.842. The smallest absolute Gasteiger partial charge is 0.333 e. The first kappa shape index (κ1) is 20.2. The normalized spacial score (nSPS) is 20.3. The van der Waals surface area contributed by atoms with Crippen LogP contribution in [0.5, 0.6) is 0 Å². The Morgan fingerprint density at radius 2 is 1.61 bits per heavy atom. The molecule has 134 valence electrons. The van der Waals surface area contributed by atoms with E-state index in [9.17, 15) is 15.0 Å². The molecule has 23 heavy (non-hydrogen) atoms. The van der Waals surface area contributed by atoms with Crippen molar-refractivity contribution in [3.63, 3.8) is 0 Å². The molecule has 0 radical (unpaired) electrons. The fourth-order valence-corrected chi connectivity index (χ4v) is 2.99. The van der Waals surface area contributed by atoms with Crippen molar-refractivity contribution >= 4 is 5.97 Å². The van der Waals surface area contributed by atoms with Crippen LogP contribution in [0.15, 0.2) is 11.6 Å². The minimum atomic E-state index is -1.12. The van der Waals surface area contributed by atoms with E-state index in [-0.39, 0.29) is 0 Å². The molecule has 1 aliphatic rings. The van der Waals surface area contributed by atoms with E-state index in [4.69, 9.17) is 0 Å². The molecule has 2 unspecified atom stereocenters. The summed E-state index contributed by atoms with van der Waals surface area (Å²) in [6.45, 7) is 4.07. The summed E-state index contributed by atoms with van der Waals surface area (Å²) in [5, 5.41) is 19.9. The number of rotatable bonds is 13. The molecule has 0 fully saturated rings. The van der Waals surface area contributed by atoms with Crippen molar-refractivity contribution < 1.29 is 19.7 Å². The molecule has 0 aromatic heterocycles. The SMILES string of the molecule is CCCCCCCCCCCC(C)(O)CCC1=CC(=O)OC1O. The van der Waals surface area contributed by atoms with Crippen LogP contribution in [0.1, 0.15) is 90.9 Å². The Labute approximate surface area is 140 Å². The van der Waals surface area contributed by atoms with Gasteiger partial charge in [-0.05, 0) is 26.2 Å². The summed E-state index contributed by atoms with van der Waals surface area (Å²) < 4.78 is 4.64. The highest BCUT2D eigenvalue weighted by Gasteiger charge is 2.27. The largest absolute Gasteiger partial charge is 0.429 e. The lowest BCUT2D eigenvalue weighted by molar-refractivity contribution is -0.151. The van der Waals surface area contributed by atoms with Gasteiger partial charge in [-0.25, -0.2) is 4.79 Å². The minimum absolute atomic E-state index is 0.494. The molecule has 4 nitrogen and oxygen atoms in total. The average Bonchev–Trinajstić information content (AvgIpc) is 2.81. The number of hydrogen-bond donors (Lipinski definition) is 2. The van der Waals surface area contributed by atoms with Gasteiger partial charge < -0.3 is 14.9 Å². The Bertz CT molecular complexity index is 374. The van der Waals surface area contributed by atoms with Gasteiger partial charge in [0.25, 0.3) is 0 Å². The molecular weight excluding hydrogens is 292 g/mol.